The summed E-state index contributed by atoms with van der Waals surface area (Å²) in [5.74, 6) is -1.26. The maximum atomic E-state index is 11.5. The number of imide groups is 1. The lowest BCUT2D eigenvalue weighted by molar-refractivity contribution is -0.137. The van der Waals surface area contributed by atoms with Crippen molar-refractivity contribution in [3.05, 3.63) is 11.9 Å². The first-order chi connectivity index (χ1) is 7.59. The minimum absolute atomic E-state index is 0.0150. The maximum Gasteiger partial charge on any atom is 0.274 e. The largest absolute Gasteiger partial charge is 0.338 e. The van der Waals surface area contributed by atoms with Crippen LogP contribution in [0.15, 0.2) is 6.20 Å². The van der Waals surface area contributed by atoms with E-state index < -0.39 is 17.9 Å². The van der Waals surface area contributed by atoms with Crippen molar-refractivity contribution in [2.45, 2.75) is 12.5 Å². The van der Waals surface area contributed by atoms with E-state index in [1.54, 1.807) is 0 Å². The van der Waals surface area contributed by atoms with Gasteiger partial charge in [0.25, 0.3) is 11.8 Å². The van der Waals surface area contributed by atoms with Gasteiger partial charge in [0.1, 0.15) is 6.04 Å². The second kappa shape index (κ2) is 3.72. The Morgan fingerprint density at radius 2 is 2.38 bits per heavy atom. The molecule has 1 fully saturated rings. The predicted molar refractivity (Wildman–Crippen MR) is 50.0 cm³/mol. The molecule has 8 heteroatoms. The van der Waals surface area contributed by atoms with E-state index in [-0.39, 0.29) is 18.0 Å². The minimum atomic E-state index is -0.804. The number of carbonyl (C=O) groups is 3. The monoisotopic (exact) mass is 223 g/mol. The predicted octanol–water partition coefficient (Wildman–Crippen LogP) is -1.71. The Morgan fingerprint density at radius 3 is 2.88 bits per heavy atom. The third-order valence-electron chi connectivity index (χ3n) is 2.33. The molecule has 0 radical (unpaired) electrons. The van der Waals surface area contributed by atoms with Gasteiger partial charge in [-0.05, 0) is 0 Å². The summed E-state index contributed by atoms with van der Waals surface area (Å²) in [6.07, 6.45) is 1.22. The van der Waals surface area contributed by atoms with Crippen LogP contribution in [0.3, 0.4) is 0 Å². The molecular weight excluding hydrogens is 214 g/mol. The van der Waals surface area contributed by atoms with Crippen LogP contribution in [0.25, 0.3) is 0 Å². The lowest BCUT2D eigenvalue weighted by Crippen LogP contribution is -2.40. The van der Waals surface area contributed by atoms with Crippen molar-refractivity contribution < 1.29 is 14.4 Å². The molecule has 2 rings (SSSR count). The Labute approximate surface area is 90.0 Å². The number of amides is 3. The van der Waals surface area contributed by atoms with Crippen molar-refractivity contribution in [1.82, 2.24) is 25.6 Å². The summed E-state index contributed by atoms with van der Waals surface area (Å²) in [6, 6.07) is -0.804. The molecule has 0 saturated carbocycles. The number of aromatic nitrogens is 3. The zero-order valence-electron chi connectivity index (χ0n) is 8.43. The summed E-state index contributed by atoms with van der Waals surface area (Å²) in [7, 11) is 1.38. The molecule has 84 valence electrons. The van der Waals surface area contributed by atoms with Gasteiger partial charge in [-0.3, -0.25) is 19.3 Å². The van der Waals surface area contributed by atoms with Crippen molar-refractivity contribution in [3.8, 4) is 0 Å². The number of likely N-dealkylation sites (N-methyl/N-ethyl adjacent to an activating group) is 1. The van der Waals surface area contributed by atoms with E-state index in [9.17, 15) is 14.4 Å². The van der Waals surface area contributed by atoms with Gasteiger partial charge in [-0.2, -0.15) is 15.4 Å². The van der Waals surface area contributed by atoms with Gasteiger partial charge in [-0.25, -0.2) is 0 Å². The molecule has 16 heavy (non-hydrogen) atoms. The highest BCUT2D eigenvalue weighted by atomic mass is 16.2. The van der Waals surface area contributed by atoms with Crippen LogP contribution in [0.1, 0.15) is 16.9 Å². The van der Waals surface area contributed by atoms with Crippen LogP contribution in [0.5, 0.6) is 0 Å². The van der Waals surface area contributed by atoms with Gasteiger partial charge in [-0.1, -0.05) is 0 Å². The van der Waals surface area contributed by atoms with E-state index in [0.29, 0.717) is 0 Å². The van der Waals surface area contributed by atoms with Gasteiger partial charge in [0, 0.05) is 7.05 Å². The Morgan fingerprint density at radius 1 is 1.62 bits per heavy atom. The fourth-order valence-corrected chi connectivity index (χ4v) is 1.41. The van der Waals surface area contributed by atoms with E-state index in [1.807, 2.05) is 0 Å². The molecule has 2 heterocycles. The SMILES string of the molecule is CN1C(=O)CC(NC(=O)c2cn[nH]n2)C1=O. The van der Waals surface area contributed by atoms with Gasteiger partial charge in [0.2, 0.25) is 5.91 Å². The highest BCUT2D eigenvalue weighted by Crippen LogP contribution is 2.10. The first-order valence-electron chi connectivity index (χ1n) is 4.56. The number of H-pyrrole nitrogens is 1. The Balaban J connectivity index is 2.04. The smallest absolute Gasteiger partial charge is 0.274 e. The number of rotatable bonds is 2. The molecule has 0 bridgehead atoms. The Bertz CT molecular complexity index is 441. The zero-order valence-corrected chi connectivity index (χ0v) is 8.43. The van der Waals surface area contributed by atoms with Gasteiger partial charge in [0.05, 0.1) is 12.6 Å². The van der Waals surface area contributed by atoms with Crippen LogP contribution in [0, 0.1) is 0 Å². The van der Waals surface area contributed by atoms with Gasteiger partial charge >= 0.3 is 0 Å². The molecule has 1 unspecified atom stereocenters. The molecule has 3 amide bonds. The van der Waals surface area contributed by atoms with Crippen molar-refractivity contribution in [3.63, 3.8) is 0 Å². The summed E-state index contributed by atoms with van der Waals surface area (Å²) in [5.41, 5.74) is 0.0785. The Hall–Kier alpha value is -2.25. The topological polar surface area (TPSA) is 108 Å². The first-order valence-corrected chi connectivity index (χ1v) is 4.56. The van der Waals surface area contributed by atoms with Crippen molar-refractivity contribution in [2.24, 2.45) is 0 Å². The lowest BCUT2D eigenvalue weighted by atomic mass is 10.2. The standard InChI is InChI=1S/C8H9N5O3/c1-13-6(14)2-4(8(13)16)10-7(15)5-3-9-12-11-5/h3-4H,2H2,1H3,(H,10,15)(H,9,11,12). The van der Waals surface area contributed by atoms with Crippen LogP contribution in [-0.4, -0.2) is 51.1 Å². The normalized spacial score (nSPS) is 20.3. The van der Waals surface area contributed by atoms with E-state index in [0.717, 1.165) is 4.90 Å². The molecule has 1 aliphatic heterocycles. The number of hydrogen-bond acceptors (Lipinski definition) is 5. The number of hydrogen-bond donors (Lipinski definition) is 2. The van der Waals surface area contributed by atoms with Gasteiger partial charge < -0.3 is 5.32 Å². The van der Waals surface area contributed by atoms with Crippen LogP contribution < -0.4 is 5.32 Å². The molecular formula is C8H9N5O3. The second-order valence-corrected chi connectivity index (χ2v) is 3.38. The number of nitrogens with one attached hydrogen (secondary N) is 2. The number of nitrogens with zero attached hydrogens (tertiary/aromatic N) is 3. The molecule has 0 aliphatic carbocycles. The first kappa shape index (κ1) is 10.3. The molecule has 1 atom stereocenters. The molecule has 1 aromatic rings. The van der Waals surface area contributed by atoms with Crippen LogP contribution >= 0.6 is 0 Å². The molecule has 0 spiro atoms. The lowest BCUT2D eigenvalue weighted by Gasteiger charge is -2.09. The molecule has 8 nitrogen and oxygen atoms in total. The summed E-state index contributed by atoms with van der Waals surface area (Å²) in [5, 5.41) is 11.7. The van der Waals surface area contributed by atoms with Gasteiger partial charge in [0.15, 0.2) is 5.69 Å². The van der Waals surface area contributed by atoms with E-state index in [1.165, 1.54) is 13.2 Å². The maximum absolute atomic E-state index is 11.5. The number of likely N-dealkylation sites (tertiary alicyclic amines) is 1. The Kier molecular flexibility index (Phi) is 2.39. The fraction of sp³-hybridized carbons (Fsp3) is 0.375. The van der Waals surface area contributed by atoms with Crippen LogP contribution in [-0.2, 0) is 9.59 Å². The average molecular weight is 223 g/mol. The molecule has 1 saturated heterocycles. The summed E-state index contributed by atoms with van der Waals surface area (Å²) >= 11 is 0. The molecule has 1 aliphatic rings. The van der Waals surface area contributed by atoms with Gasteiger partial charge in [-0.15, -0.1) is 0 Å². The third-order valence-corrected chi connectivity index (χ3v) is 2.33. The van der Waals surface area contributed by atoms with Crippen molar-refractivity contribution >= 4 is 17.7 Å². The summed E-state index contributed by atoms with van der Waals surface area (Å²) in [4.78, 5) is 35.1. The molecule has 0 aromatic carbocycles. The highest BCUT2D eigenvalue weighted by Gasteiger charge is 2.37. The summed E-state index contributed by atoms with van der Waals surface area (Å²) < 4.78 is 0. The number of aromatic amines is 1. The highest BCUT2D eigenvalue weighted by molar-refractivity contribution is 6.07. The third kappa shape index (κ3) is 1.64. The van der Waals surface area contributed by atoms with E-state index in [2.05, 4.69) is 20.7 Å². The zero-order chi connectivity index (χ0) is 11.7. The number of carbonyl (C=O) groups excluding carboxylic acids is 3. The van der Waals surface area contributed by atoms with Crippen LogP contribution in [0.4, 0.5) is 0 Å². The quantitative estimate of drug-likeness (QED) is 0.580. The van der Waals surface area contributed by atoms with E-state index in [4.69, 9.17) is 0 Å². The molecule has 2 N–H and O–H groups in total. The fourth-order valence-electron chi connectivity index (χ4n) is 1.41. The second-order valence-electron chi connectivity index (χ2n) is 3.38. The minimum Gasteiger partial charge on any atom is -0.338 e. The summed E-state index contributed by atoms with van der Waals surface area (Å²) in [6.45, 7) is 0. The average Bonchev–Trinajstić information content (AvgIpc) is 2.85. The van der Waals surface area contributed by atoms with Crippen molar-refractivity contribution in [1.29, 1.82) is 0 Å². The van der Waals surface area contributed by atoms with Crippen molar-refractivity contribution in [2.75, 3.05) is 7.05 Å². The van der Waals surface area contributed by atoms with Crippen LogP contribution in [0.2, 0.25) is 0 Å². The van der Waals surface area contributed by atoms with E-state index >= 15 is 0 Å². The molecule has 1 aromatic heterocycles.